The number of hydrogen-bond donors (Lipinski definition) is 2. The van der Waals surface area contributed by atoms with Gasteiger partial charge in [-0.05, 0) is 30.7 Å². The molecule has 2 N–H and O–H groups in total. The quantitative estimate of drug-likeness (QED) is 0.695. The van der Waals surface area contributed by atoms with Gasteiger partial charge in [-0.25, -0.2) is 4.39 Å². The van der Waals surface area contributed by atoms with E-state index in [4.69, 9.17) is 4.74 Å². The third-order valence-electron chi connectivity index (χ3n) is 4.98. The SMILES string of the molecule is O=C(NCCCN1CCNCC1)C(c1cccc(F)c1)N1CCOCC1. The number of hydrogen-bond acceptors (Lipinski definition) is 5. The van der Waals surface area contributed by atoms with E-state index in [9.17, 15) is 9.18 Å². The van der Waals surface area contributed by atoms with Crippen molar-refractivity contribution in [3.63, 3.8) is 0 Å². The lowest BCUT2D eigenvalue weighted by Crippen LogP contribution is -2.46. The number of nitrogens with one attached hydrogen (secondary N) is 2. The molecule has 0 bridgehead atoms. The van der Waals surface area contributed by atoms with Gasteiger partial charge in [0, 0.05) is 45.8 Å². The first-order chi connectivity index (χ1) is 12.7. The molecule has 2 aliphatic heterocycles. The molecule has 0 saturated carbocycles. The van der Waals surface area contributed by atoms with Gasteiger partial charge in [0.15, 0.2) is 0 Å². The standard InChI is InChI=1S/C19H29FN4O2/c20-17-4-1-3-16(15-17)18(24-11-13-26-14-12-24)19(25)22-5-2-8-23-9-6-21-7-10-23/h1,3-4,15,18,21H,2,5-14H2,(H,22,25). The highest BCUT2D eigenvalue weighted by Gasteiger charge is 2.29. The van der Waals surface area contributed by atoms with Crippen molar-refractivity contribution in [3.05, 3.63) is 35.6 Å². The summed E-state index contributed by atoms with van der Waals surface area (Å²) in [7, 11) is 0. The number of amides is 1. The third kappa shape index (κ3) is 5.48. The van der Waals surface area contributed by atoms with Crippen molar-refractivity contribution in [1.82, 2.24) is 20.4 Å². The van der Waals surface area contributed by atoms with Gasteiger partial charge in [-0.2, -0.15) is 0 Å². The Labute approximate surface area is 154 Å². The first-order valence-corrected chi connectivity index (χ1v) is 9.52. The lowest BCUT2D eigenvalue weighted by atomic mass is 10.0. The van der Waals surface area contributed by atoms with Crippen molar-refractivity contribution in [2.24, 2.45) is 0 Å². The summed E-state index contributed by atoms with van der Waals surface area (Å²) in [5, 5.41) is 6.39. The van der Waals surface area contributed by atoms with Crippen molar-refractivity contribution in [1.29, 1.82) is 0 Å². The molecule has 0 spiro atoms. The van der Waals surface area contributed by atoms with Gasteiger partial charge in [-0.3, -0.25) is 9.69 Å². The van der Waals surface area contributed by atoms with Crippen molar-refractivity contribution < 1.29 is 13.9 Å². The summed E-state index contributed by atoms with van der Waals surface area (Å²) in [4.78, 5) is 17.4. The van der Waals surface area contributed by atoms with E-state index >= 15 is 0 Å². The lowest BCUT2D eigenvalue weighted by Gasteiger charge is -2.34. The maximum Gasteiger partial charge on any atom is 0.241 e. The molecule has 2 aliphatic rings. The number of carbonyl (C=O) groups is 1. The molecule has 2 heterocycles. The molecule has 1 aromatic carbocycles. The average Bonchev–Trinajstić information content (AvgIpc) is 2.67. The van der Waals surface area contributed by atoms with Crippen LogP contribution in [-0.2, 0) is 9.53 Å². The van der Waals surface area contributed by atoms with Crippen molar-refractivity contribution in [2.75, 3.05) is 65.6 Å². The molecule has 1 aromatic rings. The first kappa shape index (κ1) is 19.2. The molecule has 3 rings (SSSR count). The van der Waals surface area contributed by atoms with Gasteiger partial charge >= 0.3 is 0 Å². The number of benzene rings is 1. The molecule has 144 valence electrons. The lowest BCUT2D eigenvalue weighted by molar-refractivity contribution is -0.128. The van der Waals surface area contributed by atoms with Crippen molar-refractivity contribution >= 4 is 5.91 Å². The van der Waals surface area contributed by atoms with Crippen LogP contribution in [0.2, 0.25) is 0 Å². The van der Waals surface area contributed by atoms with E-state index in [-0.39, 0.29) is 11.7 Å². The van der Waals surface area contributed by atoms with Crippen LogP contribution in [0.25, 0.3) is 0 Å². The number of nitrogens with zero attached hydrogens (tertiary/aromatic N) is 2. The van der Waals surface area contributed by atoms with E-state index in [2.05, 4.69) is 20.4 Å². The molecule has 2 saturated heterocycles. The summed E-state index contributed by atoms with van der Waals surface area (Å²) in [6.45, 7) is 8.37. The fraction of sp³-hybridized carbons (Fsp3) is 0.632. The normalized spacial score (nSPS) is 20.7. The van der Waals surface area contributed by atoms with E-state index in [1.54, 1.807) is 6.07 Å². The van der Waals surface area contributed by atoms with E-state index in [1.807, 2.05) is 6.07 Å². The Bertz CT molecular complexity index is 574. The fourth-order valence-electron chi connectivity index (χ4n) is 3.59. The number of ether oxygens (including phenoxy) is 1. The Kier molecular flexibility index (Phi) is 7.37. The first-order valence-electron chi connectivity index (χ1n) is 9.52. The predicted octanol–water partition coefficient (Wildman–Crippen LogP) is 0.611. The Hall–Kier alpha value is -1.54. The van der Waals surface area contributed by atoms with E-state index in [0.717, 1.165) is 39.1 Å². The van der Waals surface area contributed by atoms with Crippen LogP contribution in [0.15, 0.2) is 24.3 Å². The van der Waals surface area contributed by atoms with Gasteiger partial charge < -0.3 is 20.3 Å². The Morgan fingerprint density at radius 3 is 2.73 bits per heavy atom. The minimum Gasteiger partial charge on any atom is -0.379 e. The molecule has 1 atom stereocenters. The number of morpholine rings is 1. The van der Waals surface area contributed by atoms with Crippen LogP contribution in [0, 0.1) is 5.82 Å². The van der Waals surface area contributed by atoms with Crippen LogP contribution >= 0.6 is 0 Å². The summed E-state index contributed by atoms with van der Waals surface area (Å²) in [5.41, 5.74) is 0.700. The highest BCUT2D eigenvalue weighted by Crippen LogP contribution is 2.23. The Morgan fingerprint density at radius 1 is 1.23 bits per heavy atom. The van der Waals surface area contributed by atoms with Crippen LogP contribution in [-0.4, -0.2) is 81.3 Å². The number of piperazine rings is 1. The van der Waals surface area contributed by atoms with Gasteiger partial charge in [0.1, 0.15) is 11.9 Å². The topological polar surface area (TPSA) is 56.8 Å². The second-order valence-electron chi connectivity index (χ2n) is 6.84. The summed E-state index contributed by atoms with van der Waals surface area (Å²) < 4.78 is 19.1. The number of carbonyl (C=O) groups excluding carboxylic acids is 1. The van der Waals surface area contributed by atoms with Crippen LogP contribution < -0.4 is 10.6 Å². The van der Waals surface area contributed by atoms with E-state index in [0.29, 0.717) is 38.4 Å². The smallest absolute Gasteiger partial charge is 0.241 e. The zero-order valence-corrected chi connectivity index (χ0v) is 15.3. The maximum atomic E-state index is 13.7. The molecular formula is C19H29FN4O2. The fourth-order valence-corrected chi connectivity index (χ4v) is 3.59. The van der Waals surface area contributed by atoms with Crippen LogP contribution in [0.4, 0.5) is 4.39 Å². The minimum absolute atomic E-state index is 0.0576. The van der Waals surface area contributed by atoms with Crippen molar-refractivity contribution in [2.45, 2.75) is 12.5 Å². The van der Waals surface area contributed by atoms with Gasteiger partial charge in [0.25, 0.3) is 0 Å². The molecule has 0 aromatic heterocycles. The molecular weight excluding hydrogens is 335 g/mol. The van der Waals surface area contributed by atoms with Gasteiger partial charge in [0.2, 0.25) is 5.91 Å². The Balaban J connectivity index is 1.55. The molecule has 26 heavy (non-hydrogen) atoms. The third-order valence-corrected chi connectivity index (χ3v) is 4.98. The predicted molar refractivity (Wildman–Crippen MR) is 98.5 cm³/mol. The largest absolute Gasteiger partial charge is 0.379 e. The summed E-state index contributed by atoms with van der Waals surface area (Å²) in [6.07, 6.45) is 0.921. The molecule has 0 radical (unpaired) electrons. The van der Waals surface area contributed by atoms with Crippen LogP contribution in [0.5, 0.6) is 0 Å². The number of halogens is 1. The minimum atomic E-state index is -0.464. The zero-order valence-electron chi connectivity index (χ0n) is 15.3. The highest BCUT2D eigenvalue weighted by molar-refractivity contribution is 5.83. The summed E-state index contributed by atoms with van der Waals surface area (Å²) in [6, 6.07) is 5.89. The van der Waals surface area contributed by atoms with Crippen LogP contribution in [0.1, 0.15) is 18.0 Å². The van der Waals surface area contributed by atoms with Gasteiger partial charge in [-0.1, -0.05) is 12.1 Å². The second-order valence-corrected chi connectivity index (χ2v) is 6.84. The molecule has 7 heteroatoms. The van der Waals surface area contributed by atoms with Crippen LogP contribution in [0.3, 0.4) is 0 Å². The van der Waals surface area contributed by atoms with Gasteiger partial charge in [-0.15, -0.1) is 0 Å². The molecule has 2 fully saturated rings. The Morgan fingerprint density at radius 2 is 2.00 bits per heavy atom. The van der Waals surface area contributed by atoms with E-state index < -0.39 is 6.04 Å². The van der Waals surface area contributed by atoms with E-state index in [1.165, 1.54) is 12.1 Å². The molecule has 1 unspecified atom stereocenters. The number of rotatable bonds is 7. The van der Waals surface area contributed by atoms with Gasteiger partial charge in [0.05, 0.1) is 13.2 Å². The monoisotopic (exact) mass is 364 g/mol. The molecule has 6 nitrogen and oxygen atoms in total. The second kappa shape index (κ2) is 9.97. The zero-order chi connectivity index (χ0) is 18.2. The summed E-state index contributed by atoms with van der Waals surface area (Å²) in [5.74, 6) is -0.370. The molecule has 0 aliphatic carbocycles. The molecule has 1 amide bonds. The summed E-state index contributed by atoms with van der Waals surface area (Å²) >= 11 is 0. The average molecular weight is 364 g/mol. The maximum absolute atomic E-state index is 13.7. The van der Waals surface area contributed by atoms with Crippen molar-refractivity contribution in [3.8, 4) is 0 Å². The highest BCUT2D eigenvalue weighted by atomic mass is 19.1.